The molecule has 1 heterocycles. The van der Waals surface area contributed by atoms with Gasteiger partial charge in [0.15, 0.2) is 12.6 Å². The number of likely N-dealkylation sites (N-methyl/N-ethyl adjacent to an activating group) is 2. The fourth-order valence-corrected chi connectivity index (χ4v) is 3.40. The minimum atomic E-state index is -0.113. The first-order valence-corrected chi connectivity index (χ1v) is 10.4. The molecule has 0 radical (unpaired) electrons. The zero-order chi connectivity index (χ0) is 20.2. The Morgan fingerprint density at radius 1 is 1.21 bits per heavy atom. The van der Waals surface area contributed by atoms with Gasteiger partial charge in [-0.05, 0) is 57.5 Å². The van der Waals surface area contributed by atoms with Crippen molar-refractivity contribution in [2.24, 2.45) is 4.99 Å². The molecule has 1 aromatic rings. The van der Waals surface area contributed by atoms with E-state index in [1.807, 2.05) is 31.2 Å². The molecule has 1 aliphatic rings. The number of guanidine groups is 1. The third-order valence-electron chi connectivity index (χ3n) is 4.82. The van der Waals surface area contributed by atoms with Gasteiger partial charge in [0.2, 0.25) is 0 Å². The largest absolute Gasteiger partial charge is 0.484 e. The number of amides is 1. The lowest BCUT2D eigenvalue weighted by molar-refractivity contribution is -0.122. The molecule has 0 spiro atoms. The van der Waals surface area contributed by atoms with Crippen molar-refractivity contribution in [3.05, 3.63) is 29.8 Å². The van der Waals surface area contributed by atoms with Crippen LogP contribution in [0.2, 0.25) is 0 Å². The number of hydrogen-bond donors (Lipinski definition) is 3. The van der Waals surface area contributed by atoms with Crippen LogP contribution in [0.3, 0.4) is 0 Å². The van der Waals surface area contributed by atoms with Crippen LogP contribution in [0.25, 0.3) is 0 Å². The van der Waals surface area contributed by atoms with Crippen molar-refractivity contribution in [1.82, 2.24) is 20.9 Å². The van der Waals surface area contributed by atoms with Crippen LogP contribution in [-0.2, 0) is 11.3 Å². The average Bonchev–Trinajstić information content (AvgIpc) is 3.17. The van der Waals surface area contributed by atoms with Gasteiger partial charge >= 0.3 is 0 Å². The zero-order valence-electron chi connectivity index (χ0n) is 17.5. The van der Waals surface area contributed by atoms with Crippen LogP contribution in [-0.4, -0.2) is 62.1 Å². The molecule has 0 bridgehead atoms. The van der Waals surface area contributed by atoms with Crippen molar-refractivity contribution in [2.75, 3.05) is 39.3 Å². The molecule has 156 valence electrons. The van der Waals surface area contributed by atoms with Crippen LogP contribution in [0.1, 0.15) is 39.2 Å². The van der Waals surface area contributed by atoms with Gasteiger partial charge < -0.3 is 20.7 Å². The summed E-state index contributed by atoms with van der Waals surface area (Å²) >= 11 is 0. The van der Waals surface area contributed by atoms with Gasteiger partial charge in [0.1, 0.15) is 5.75 Å². The summed E-state index contributed by atoms with van der Waals surface area (Å²) in [6.45, 7) is 11.4. The predicted molar refractivity (Wildman–Crippen MR) is 114 cm³/mol. The van der Waals surface area contributed by atoms with Crippen LogP contribution in [0.4, 0.5) is 0 Å². The standard InChI is InChI=1S/C21H35N5O2/c1-4-22-20(27)16-28-19-11-7-9-17(13-19)14-24-21(23-5-2)25-15-18-10-8-12-26(18)6-3/h7,9,11,13,18H,4-6,8,10,12,14-16H2,1-3H3,(H,22,27)(H2,23,24,25). The maximum absolute atomic E-state index is 11.5. The van der Waals surface area contributed by atoms with Crippen molar-refractivity contribution in [1.29, 1.82) is 0 Å². The number of carbonyl (C=O) groups is 1. The summed E-state index contributed by atoms with van der Waals surface area (Å²) in [6, 6.07) is 8.31. The van der Waals surface area contributed by atoms with Gasteiger partial charge in [-0.15, -0.1) is 0 Å². The SMILES string of the molecule is CCNC(=O)COc1cccc(CN=C(NCC)NCC2CCCN2CC)c1. The maximum atomic E-state index is 11.5. The van der Waals surface area contributed by atoms with Crippen LogP contribution < -0.4 is 20.7 Å². The average molecular weight is 390 g/mol. The van der Waals surface area contributed by atoms with Crippen molar-refractivity contribution in [2.45, 2.75) is 46.2 Å². The zero-order valence-corrected chi connectivity index (χ0v) is 17.5. The van der Waals surface area contributed by atoms with E-state index < -0.39 is 0 Å². The Balaban J connectivity index is 1.89. The van der Waals surface area contributed by atoms with E-state index in [4.69, 9.17) is 9.73 Å². The smallest absolute Gasteiger partial charge is 0.257 e. The molecule has 7 heteroatoms. The van der Waals surface area contributed by atoms with E-state index in [1.54, 1.807) is 0 Å². The van der Waals surface area contributed by atoms with Gasteiger partial charge in [-0.25, -0.2) is 4.99 Å². The molecule has 7 nitrogen and oxygen atoms in total. The van der Waals surface area contributed by atoms with Crippen molar-refractivity contribution < 1.29 is 9.53 Å². The maximum Gasteiger partial charge on any atom is 0.257 e. The number of benzene rings is 1. The Labute approximate surface area is 168 Å². The summed E-state index contributed by atoms with van der Waals surface area (Å²) < 4.78 is 5.56. The van der Waals surface area contributed by atoms with Crippen molar-refractivity contribution in [3.8, 4) is 5.75 Å². The minimum Gasteiger partial charge on any atom is -0.484 e. The summed E-state index contributed by atoms with van der Waals surface area (Å²) in [6.07, 6.45) is 2.52. The van der Waals surface area contributed by atoms with E-state index in [-0.39, 0.29) is 12.5 Å². The fraction of sp³-hybridized carbons (Fsp3) is 0.619. The topological polar surface area (TPSA) is 78.0 Å². The normalized spacial score (nSPS) is 17.4. The van der Waals surface area contributed by atoms with Crippen molar-refractivity contribution >= 4 is 11.9 Å². The molecule has 1 aromatic carbocycles. The molecule has 0 saturated carbocycles. The Morgan fingerprint density at radius 2 is 2.04 bits per heavy atom. The van der Waals surface area contributed by atoms with E-state index in [2.05, 4.69) is 34.7 Å². The van der Waals surface area contributed by atoms with Crippen LogP contribution >= 0.6 is 0 Å². The fourth-order valence-electron chi connectivity index (χ4n) is 3.40. The Hall–Kier alpha value is -2.28. The number of likely N-dealkylation sites (tertiary alicyclic amines) is 1. The molecule has 2 rings (SSSR count). The van der Waals surface area contributed by atoms with Gasteiger partial charge in [-0.1, -0.05) is 19.1 Å². The van der Waals surface area contributed by atoms with Gasteiger partial charge in [-0.2, -0.15) is 0 Å². The predicted octanol–water partition coefficient (Wildman–Crippen LogP) is 1.74. The summed E-state index contributed by atoms with van der Waals surface area (Å²) in [5.41, 5.74) is 1.04. The minimum absolute atomic E-state index is 0.0279. The highest BCUT2D eigenvalue weighted by molar-refractivity contribution is 5.79. The molecule has 1 fully saturated rings. The van der Waals surface area contributed by atoms with Gasteiger partial charge in [-0.3, -0.25) is 9.69 Å². The number of hydrogen-bond acceptors (Lipinski definition) is 4. The molecule has 1 saturated heterocycles. The Kier molecular flexibility index (Phi) is 9.62. The van der Waals surface area contributed by atoms with Gasteiger partial charge in [0.05, 0.1) is 6.54 Å². The Morgan fingerprint density at radius 3 is 2.79 bits per heavy atom. The lowest BCUT2D eigenvalue weighted by Gasteiger charge is -2.24. The molecule has 1 atom stereocenters. The van der Waals surface area contributed by atoms with Gasteiger partial charge in [0, 0.05) is 25.7 Å². The van der Waals surface area contributed by atoms with Crippen LogP contribution in [0.15, 0.2) is 29.3 Å². The molecule has 3 N–H and O–H groups in total. The monoisotopic (exact) mass is 389 g/mol. The summed E-state index contributed by atoms with van der Waals surface area (Å²) in [5, 5.41) is 9.52. The molecule has 28 heavy (non-hydrogen) atoms. The van der Waals surface area contributed by atoms with E-state index in [0.717, 1.165) is 31.2 Å². The van der Waals surface area contributed by atoms with Crippen LogP contribution in [0.5, 0.6) is 5.75 Å². The first-order valence-electron chi connectivity index (χ1n) is 10.4. The second-order valence-corrected chi connectivity index (χ2v) is 6.89. The first-order chi connectivity index (χ1) is 13.7. The lowest BCUT2D eigenvalue weighted by Crippen LogP contribution is -2.44. The highest BCUT2D eigenvalue weighted by atomic mass is 16.5. The van der Waals surface area contributed by atoms with Crippen molar-refractivity contribution in [3.63, 3.8) is 0 Å². The molecule has 0 aliphatic carbocycles. The van der Waals surface area contributed by atoms with E-state index >= 15 is 0 Å². The third-order valence-corrected chi connectivity index (χ3v) is 4.82. The second kappa shape index (κ2) is 12.2. The summed E-state index contributed by atoms with van der Waals surface area (Å²) in [7, 11) is 0. The molecule has 0 aromatic heterocycles. The number of nitrogens with one attached hydrogen (secondary N) is 3. The number of ether oxygens (including phenoxy) is 1. The summed E-state index contributed by atoms with van der Waals surface area (Å²) in [4.78, 5) is 18.8. The quantitative estimate of drug-likeness (QED) is 0.420. The molecule has 1 aliphatic heterocycles. The van der Waals surface area contributed by atoms with Crippen LogP contribution in [0, 0.1) is 0 Å². The van der Waals surface area contributed by atoms with E-state index in [0.29, 0.717) is 24.9 Å². The lowest BCUT2D eigenvalue weighted by atomic mass is 10.2. The number of nitrogens with zero attached hydrogens (tertiary/aromatic N) is 2. The first kappa shape index (κ1) is 22.0. The summed E-state index contributed by atoms with van der Waals surface area (Å²) in [5.74, 6) is 1.40. The number of carbonyl (C=O) groups excluding carboxylic acids is 1. The second-order valence-electron chi connectivity index (χ2n) is 6.89. The third kappa shape index (κ3) is 7.38. The van der Waals surface area contributed by atoms with Gasteiger partial charge in [0.25, 0.3) is 5.91 Å². The number of aliphatic imine (C=N–C) groups is 1. The molecule has 1 amide bonds. The Bertz CT molecular complexity index is 635. The number of rotatable bonds is 10. The molecular formula is C21H35N5O2. The highest BCUT2D eigenvalue weighted by Gasteiger charge is 2.22. The molecule has 1 unspecified atom stereocenters. The highest BCUT2D eigenvalue weighted by Crippen LogP contribution is 2.16. The molecular weight excluding hydrogens is 354 g/mol. The van der Waals surface area contributed by atoms with E-state index in [1.165, 1.54) is 19.4 Å². The van der Waals surface area contributed by atoms with E-state index in [9.17, 15) is 4.79 Å².